The summed E-state index contributed by atoms with van der Waals surface area (Å²) in [7, 11) is 0. The number of alkyl halides is 1. The van der Waals surface area contributed by atoms with Crippen LogP contribution in [0.3, 0.4) is 0 Å². The van der Waals surface area contributed by atoms with E-state index in [0.29, 0.717) is 0 Å². The van der Waals surface area contributed by atoms with Crippen molar-refractivity contribution >= 4 is 17.9 Å². The van der Waals surface area contributed by atoms with Gasteiger partial charge < -0.3 is 18.9 Å². The van der Waals surface area contributed by atoms with Crippen molar-refractivity contribution in [3.8, 4) is 0 Å². The maximum absolute atomic E-state index is 14.0. The van der Waals surface area contributed by atoms with Crippen molar-refractivity contribution in [3.63, 3.8) is 0 Å². The van der Waals surface area contributed by atoms with Gasteiger partial charge in [0.05, 0.1) is 0 Å². The molecule has 0 bridgehead atoms. The molecular weight excluding hydrogens is 263 g/mol. The molecule has 1 rings (SSSR count). The van der Waals surface area contributed by atoms with Gasteiger partial charge in [-0.1, -0.05) is 0 Å². The molecule has 1 aliphatic rings. The summed E-state index contributed by atoms with van der Waals surface area (Å²) in [5.41, 5.74) is 0. The minimum absolute atomic E-state index is 0.355. The first-order valence-electron chi connectivity index (χ1n) is 5.58. The summed E-state index contributed by atoms with van der Waals surface area (Å²) >= 11 is 0. The van der Waals surface area contributed by atoms with E-state index in [0.717, 1.165) is 20.8 Å². The zero-order chi connectivity index (χ0) is 14.6. The highest BCUT2D eigenvalue weighted by Crippen LogP contribution is 2.28. The Kier molecular flexibility index (Phi) is 5.22. The summed E-state index contributed by atoms with van der Waals surface area (Å²) in [6.45, 7) is 3.01. The van der Waals surface area contributed by atoms with Crippen molar-refractivity contribution in [1.29, 1.82) is 0 Å². The highest BCUT2D eigenvalue weighted by Gasteiger charge is 2.49. The minimum atomic E-state index is -1.76. The molecule has 4 atom stereocenters. The highest BCUT2D eigenvalue weighted by atomic mass is 19.1. The van der Waals surface area contributed by atoms with E-state index in [9.17, 15) is 18.8 Å². The van der Waals surface area contributed by atoms with Gasteiger partial charge in [-0.3, -0.25) is 14.4 Å². The van der Waals surface area contributed by atoms with E-state index >= 15 is 0 Å². The quantitative estimate of drug-likeness (QED) is 0.532. The lowest BCUT2D eigenvalue weighted by molar-refractivity contribution is -0.196. The van der Waals surface area contributed by atoms with Crippen LogP contribution < -0.4 is 0 Å². The second-order valence-electron chi connectivity index (χ2n) is 3.97. The van der Waals surface area contributed by atoms with Crippen molar-refractivity contribution < 1.29 is 37.7 Å². The Morgan fingerprint density at radius 1 is 1.05 bits per heavy atom. The van der Waals surface area contributed by atoms with Gasteiger partial charge in [0, 0.05) is 20.8 Å². The van der Waals surface area contributed by atoms with Gasteiger partial charge in [-0.05, 0) is 0 Å². The summed E-state index contributed by atoms with van der Waals surface area (Å²) in [5.74, 6) is -2.04. The SMILES string of the molecule is CC(=O)OCC1OC(OC(C)=O)[C@H](OC(C)=O)[C@H]1F. The van der Waals surface area contributed by atoms with Crippen molar-refractivity contribution in [1.82, 2.24) is 0 Å². The predicted molar refractivity (Wildman–Crippen MR) is 57.5 cm³/mol. The Hall–Kier alpha value is -1.70. The monoisotopic (exact) mass is 278 g/mol. The van der Waals surface area contributed by atoms with Crippen molar-refractivity contribution in [2.45, 2.75) is 45.4 Å². The molecule has 1 heterocycles. The van der Waals surface area contributed by atoms with E-state index < -0.39 is 42.6 Å². The van der Waals surface area contributed by atoms with Crippen LogP contribution in [0.1, 0.15) is 20.8 Å². The number of carbonyl (C=O) groups excluding carboxylic acids is 3. The molecule has 0 aromatic carbocycles. The molecule has 1 aliphatic heterocycles. The molecule has 1 saturated heterocycles. The van der Waals surface area contributed by atoms with Crippen LogP contribution in [0.25, 0.3) is 0 Å². The van der Waals surface area contributed by atoms with E-state index in [-0.39, 0.29) is 6.61 Å². The fraction of sp³-hybridized carbons (Fsp3) is 0.727. The molecule has 0 aliphatic carbocycles. The Labute approximate surface area is 108 Å². The van der Waals surface area contributed by atoms with Crippen LogP contribution in [-0.2, 0) is 33.3 Å². The van der Waals surface area contributed by atoms with Gasteiger partial charge in [0.1, 0.15) is 12.7 Å². The van der Waals surface area contributed by atoms with Gasteiger partial charge in [0.15, 0.2) is 12.3 Å². The van der Waals surface area contributed by atoms with Crippen LogP contribution in [0.2, 0.25) is 0 Å². The summed E-state index contributed by atoms with van der Waals surface area (Å²) in [4.78, 5) is 32.4. The lowest BCUT2D eigenvalue weighted by Crippen LogP contribution is -2.36. The number of halogens is 1. The maximum atomic E-state index is 14.0. The molecule has 108 valence electrons. The lowest BCUT2D eigenvalue weighted by Gasteiger charge is -2.18. The second kappa shape index (κ2) is 6.46. The molecule has 1 fully saturated rings. The van der Waals surface area contributed by atoms with Gasteiger partial charge in [0.25, 0.3) is 0 Å². The third-order valence-electron chi connectivity index (χ3n) is 2.28. The molecule has 7 nitrogen and oxygen atoms in total. The van der Waals surface area contributed by atoms with E-state index in [1.807, 2.05) is 0 Å². The van der Waals surface area contributed by atoms with Gasteiger partial charge in [-0.15, -0.1) is 0 Å². The average molecular weight is 278 g/mol. The molecule has 2 unspecified atom stereocenters. The molecule has 0 aromatic heterocycles. The fourth-order valence-electron chi connectivity index (χ4n) is 1.59. The molecule has 0 radical (unpaired) electrons. The summed E-state index contributed by atoms with van der Waals surface area (Å²) in [6, 6.07) is 0. The Morgan fingerprint density at radius 3 is 2.11 bits per heavy atom. The van der Waals surface area contributed by atoms with E-state index in [2.05, 4.69) is 4.74 Å². The summed E-state index contributed by atoms with van der Waals surface area (Å²) < 4.78 is 33.1. The summed E-state index contributed by atoms with van der Waals surface area (Å²) in [6.07, 6.45) is -5.64. The lowest BCUT2D eigenvalue weighted by atomic mass is 10.2. The number of hydrogen-bond acceptors (Lipinski definition) is 7. The first-order valence-corrected chi connectivity index (χ1v) is 5.58. The van der Waals surface area contributed by atoms with E-state index in [1.54, 1.807) is 0 Å². The highest BCUT2D eigenvalue weighted by molar-refractivity contribution is 5.67. The predicted octanol–water partition coefficient (Wildman–Crippen LogP) is 0.107. The first kappa shape index (κ1) is 15.4. The topological polar surface area (TPSA) is 88.1 Å². The number of ether oxygens (including phenoxy) is 4. The van der Waals surface area contributed by atoms with Crippen LogP contribution in [0, 0.1) is 0 Å². The molecule has 0 N–H and O–H groups in total. The molecule has 0 spiro atoms. The first-order chi connectivity index (χ1) is 8.81. The average Bonchev–Trinajstić information content (AvgIpc) is 2.53. The van der Waals surface area contributed by atoms with Gasteiger partial charge in [-0.2, -0.15) is 0 Å². The smallest absolute Gasteiger partial charge is 0.305 e. The molecule has 0 amide bonds. The normalized spacial score (nSPS) is 29.7. The van der Waals surface area contributed by atoms with Crippen LogP contribution >= 0.6 is 0 Å². The van der Waals surface area contributed by atoms with Crippen LogP contribution in [0.4, 0.5) is 4.39 Å². The standard InChI is InChI=1S/C11H15FO7/c1-5(13)16-4-8-9(12)10(17-6(2)14)11(19-8)18-7(3)15/h8-11H,4H2,1-3H3/t8?,9-,10+,11?/m0/s1. The van der Waals surface area contributed by atoms with Crippen LogP contribution in [0.15, 0.2) is 0 Å². The number of hydrogen-bond donors (Lipinski definition) is 0. The summed E-state index contributed by atoms with van der Waals surface area (Å²) in [5, 5.41) is 0. The van der Waals surface area contributed by atoms with Crippen molar-refractivity contribution in [3.05, 3.63) is 0 Å². The molecule has 8 heteroatoms. The second-order valence-corrected chi connectivity index (χ2v) is 3.97. The van der Waals surface area contributed by atoms with Crippen LogP contribution in [-0.4, -0.2) is 49.2 Å². The molecule has 0 saturated carbocycles. The maximum Gasteiger partial charge on any atom is 0.305 e. The Balaban J connectivity index is 2.70. The van der Waals surface area contributed by atoms with Crippen LogP contribution in [0.5, 0.6) is 0 Å². The van der Waals surface area contributed by atoms with Crippen molar-refractivity contribution in [2.75, 3.05) is 6.61 Å². The third kappa shape index (κ3) is 4.47. The molecule has 19 heavy (non-hydrogen) atoms. The minimum Gasteiger partial charge on any atom is -0.463 e. The molecular formula is C11H15FO7. The Bertz CT molecular complexity index is 370. The fourth-order valence-corrected chi connectivity index (χ4v) is 1.59. The van der Waals surface area contributed by atoms with Crippen molar-refractivity contribution in [2.24, 2.45) is 0 Å². The van der Waals surface area contributed by atoms with Gasteiger partial charge in [-0.25, -0.2) is 4.39 Å². The van der Waals surface area contributed by atoms with E-state index in [4.69, 9.17) is 14.2 Å². The number of carbonyl (C=O) groups is 3. The number of rotatable bonds is 4. The largest absolute Gasteiger partial charge is 0.463 e. The molecule has 0 aromatic rings. The Morgan fingerprint density at radius 2 is 1.63 bits per heavy atom. The third-order valence-corrected chi connectivity index (χ3v) is 2.28. The zero-order valence-electron chi connectivity index (χ0n) is 10.8. The van der Waals surface area contributed by atoms with E-state index in [1.165, 1.54) is 0 Å². The van der Waals surface area contributed by atoms with Gasteiger partial charge in [0.2, 0.25) is 6.29 Å². The number of esters is 3. The van der Waals surface area contributed by atoms with Gasteiger partial charge >= 0.3 is 17.9 Å². The zero-order valence-corrected chi connectivity index (χ0v) is 10.8.